The van der Waals surface area contributed by atoms with Crippen molar-refractivity contribution in [2.45, 2.75) is 41.2 Å². The summed E-state index contributed by atoms with van der Waals surface area (Å²) < 4.78 is 16.2. The Hall–Kier alpha value is 0.0569. The maximum Gasteiger partial charge on any atom is 0.497 e. The number of nitrogens with one attached hydrogen (secondary N) is 1. The van der Waals surface area contributed by atoms with Crippen molar-refractivity contribution in [3.8, 4) is 0 Å². The number of rotatable bonds is 8. The van der Waals surface area contributed by atoms with E-state index in [1.54, 1.807) is 0 Å². The molecule has 0 aliphatic carbocycles. The van der Waals surface area contributed by atoms with E-state index in [0.29, 0.717) is 19.8 Å². The SMILES string of the molecule is CCNCC.CCO[Si](C)(OCC)OCC. The summed E-state index contributed by atoms with van der Waals surface area (Å²) in [6.45, 7) is 16.1. The van der Waals surface area contributed by atoms with E-state index in [1.807, 2.05) is 27.3 Å². The smallest absolute Gasteiger partial charge is 0.374 e. The highest BCUT2D eigenvalue weighted by Gasteiger charge is 2.32. The van der Waals surface area contributed by atoms with Gasteiger partial charge in [-0.2, -0.15) is 0 Å². The van der Waals surface area contributed by atoms with Crippen LogP contribution < -0.4 is 5.32 Å². The van der Waals surface area contributed by atoms with E-state index in [4.69, 9.17) is 13.3 Å². The predicted octanol–water partition coefficient (Wildman–Crippen LogP) is 2.28. The lowest BCUT2D eigenvalue weighted by Gasteiger charge is -2.23. The van der Waals surface area contributed by atoms with Gasteiger partial charge in [0.25, 0.3) is 0 Å². The first-order valence-corrected chi connectivity index (χ1v) is 8.45. The molecule has 0 saturated heterocycles. The molecule has 0 bridgehead atoms. The zero-order valence-electron chi connectivity index (χ0n) is 11.8. The Kier molecular flexibility index (Phi) is 15.1. The molecule has 0 rings (SSSR count). The first-order valence-electron chi connectivity index (χ1n) is 6.22. The standard InChI is InChI=1S/C7H18O3Si.C4H11N/c1-5-8-11(4,9-6-2)10-7-3;1-3-5-4-2/h5-7H2,1-4H3;5H,3-4H2,1-2H3. The maximum absolute atomic E-state index is 5.40. The zero-order chi connectivity index (χ0) is 12.9. The van der Waals surface area contributed by atoms with E-state index in [9.17, 15) is 0 Å². The van der Waals surface area contributed by atoms with Crippen LogP contribution in [0.4, 0.5) is 0 Å². The summed E-state index contributed by atoms with van der Waals surface area (Å²) in [6.07, 6.45) is 0. The Bertz CT molecular complexity index is 117. The van der Waals surface area contributed by atoms with E-state index in [1.165, 1.54) is 0 Å². The van der Waals surface area contributed by atoms with Gasteiger partial charge in [0.05, 0.1) is 0 Å². The van der Waals surface area contributed by atoms with E-state index < -0.39 is 8.80 Å². The molecule has 0 amide bonds. The van der Waals surface area contributed by atoms with Crippen molar-refractivity contribution in [3.05, 3.63) is 0 Å². The van der Waals surface area contributed by atoms with Gasteiger partial charge in [-0.3, -0.25) is 0 Å². The Morgan fingerprint density at radius 1 is 0.750 bits per heavy atom. The van der Waals surface area contributed by atoms with E-state index in [-0.39, 0.29) is 0 Å². The van der Waals surface area contributed by atoms with Crippen molar-refractivity contribution in [1.82, 2.24) is 5.32 Å². The van der Waals surface area contributed by atoms with Crippen LogP contribution in [0.3, 0.4) is 0 Å². The average Bonchev–Trinajstić information content (AvgIpc) is 2.20. The van der Waals surface area contributed by atoms with Crippen LogP contribution in [-0.2, 0) is 13.3 Å². The first-order chi connectivity index (χ1) is 7.60. The van der Waals surface area contributed by atoms with Crippen LogP contribution in [0.1, 0.15) is 34.6 Å². The summed E-state index contributed by atoms with van der Waals surface area (Å²) in [5, 5.41) is 3.11. The second-order valence-corrected chi connectivity index (χ2v) is 5.71. The van der Waals surface area contributed by atoms with Gasteiger partial charge in [0.15, 0.2) is 0 Å². The highest BCUT2D eigenvalue weighted by Crippen LogP contribution is 2.08. The summed E-state index contributed by atoms with van der Waals surface area (Å²) in [5.41, 5.74) is 0. The molecule has 0 fully saturated rings. The molecule has 0 heterocycles. The molecule has 0 atom stereocenters. The maximum atomic E-state index is 5.40. The molecular formula is C11H29NO3Si. The van der Waals surface area contributed by atoms with Crippen LogP contribution in [-0.4, -0.2) is 41.7 Å². The van der Waals surface area contributed by atoms with E-state index in [0.717, 1.165) is 13.1 Å². The van der Waals surface area contributed by atoms with Gasteiger partial charge in [0.2, 0.25) is 0 Å². The van der Waals surface area contributed by atoms with Gasteiger partial charge >= 0.3 is 8.80 Å². The van der Waals surface area contributed by atoms with Crippen molar-refractivity contribution in [3.63, 3.8) is 0 Å². The van der Waals surface area contributed by atoms with Crippen LogP contribution >= 0.6 is 0 Å². The Morgan fingerprint density at radius 2 is 1.06 bits per heavy atom. The monoisotopic (exact) mass is 251 g/mol. The second-order valence-electron chi connectivity index (χ2n) is 3.12. The van der Waals surface area contributed by atoms with Crippen molar-refractivity contribution >= 4 is 8.80 Å². The molecular weight excluding hydrogens is 222 g/mol. The van der Waals surface area contributed by atoms with Gasteiger partial charge in [-0.05, 0) is 33.9 Å². The molecule has 0 aliphatic rings. The quantitative estimate of drug-likeness (QED) is 0.672. The minimum absolute atomic E-state index is 0.655. The molecule has 1 N–H and O–H groups in total. The number of hydrogen-bond acceptors (Lipinski definition) is 4. The highest BCUT2D eigenvalue weighted by molar-refractivity contribution is 6.59. The van der Waals surface area contributed by atoms with Crippen LogP contribution in [0.5, 0.6) is 0 Å². The molecule has 0 spiro atoms. The normalized spacial score (nSPS) is 10.9. The molecule has 0 radical (unpaired) electrons. The van der Waals surface area contributed by atoms with Crippen molar-refractivity contribution in [2.75, 3.05) is 32.9 Å². The van der Waals surface area contributed by atoms with Gasteiger partial charge in [0.1, 0.15) is 0 Å². The largest absolute Gasteiger partial charge is 0.497 e. The fourth-order valence-corrected chi connectivity index (χ4v) is 2.98. The minimum atomic E-state index is -2.25. The minimum Gasteiger partial charge on any atom is -0.374 e. The molecule has 4 nitrogen and oxygen atoms in total. The van der Waals surface area contributed by atoms with Crippen LogP contribution in [0.25, 0.3) is 0 Å². The lowest BCUT2D eigenvalue weighted by atomic mass is 10.7. The van der Waals surface area contributed by atoms with E-state index >= 15 is 0 Å². The molecule has 16 heavy (non-hydrogen) atoms. The first kappa shape index (κ1) is 18.4. The summed E-state index contributed by atoms with van der Waals surface area (Å²) >= 11 is 0. The van der Waals surface area contributed by atoms with Gasteiger partial charge in [0, 0.05) is 26.4 Å². The van der Waals surface area contributed by atoms with Gasteiger partial charge in [-0.15, -0.1) is 0 Å². The van der Waals surface area contributed by atoms with Crippen LogP contribution in [0, 0.1) is 0 Å². The molecule has 0 unspecified atom stereocenters. The Labute approximate surface area is 102 Å². The fourth-order valence-electron chi connectivity index (χ4n) is 1.16. The molecule has 5 heteroatoms. The van der Waals surface area contributed by atoms with Gasteiger partial charge in [-0.25, -0.2) is 0 Å². The molecule has 0 aliphatic heterocycles. The third-order valence-electron chi connectivity index (χ3n) is 1.72. The summed E-state index contributed by atoms with van der Waals surface area (Å²) in [4.78, 5) is 0. The van der Waals surface area contributed by atoms with Gasteiger partial charge in [-0.1, -0.05) is 13.8 Å². The van der Waals surface area contributed by atoms with E-state index in [2.05, 4.69) is 19.2 Å². The third kappa shape index (κ3) is 12.1. The Balaban J connectivity index is 0. The van der Waals surface area contributed by atoms with Crippen LogP contribution in [0.15, 0.2) is 0 Å². The fraction of sp³-hybridized carbons (Fsp3) is 1.00. The van der Waals surface area contributed by atoms with Crippen molar-refractivity contribution in [1.29, 1.82) is 0 Å². The van der Waals surface area contributed by atoms with Crippen molar-refractivity contribution < 1.29 is 13.3 Å². The Morgan fingerprint density at radius 3 is 1.19 bits per heavy atom. The second kappa shape index (κ2) is 13.1. The summed E-state index contributed by atoms with van der Waals surface area (Å²) in [7, 11) is -2.25. The zero-order valence-corrected chi connectivity index (χ0v) is 12.8. The van der Waals surface area contributed by atoms with Gasteiger partial charge < -0.3 is 18.6 Å². The average molecular weight is 251 g/mol. The topological polar surface area (TPSA) is 39.7 Å². The van der Waals surface area contributed by atoms with Crippen molar-refractivity contribution in [2.24, 2.45) is 0 Å². The number of hydrogen-bond donors (Lipinski definition) is 1. The predicted molar refractivity (Wildman–Crippen MR) is 70.7 cm³/mol. The molecule has 0 aromatic rings. The summed E-state index contributed by atoms with van der Waals surface area (Å²) in [6, 6.07) is 0. The molecule has 100 valence electrons. The molecule has 0 aromatic heterocycles. The molecule has 0 aromatic carbocycles. The highest BCUT2D eigenvalue weighted by atomic mass is 28.4. The molecule has 0 saturated carbocycles. The lowest BCUT2D eigenvalue weighted by molar-refractivity contribution is 0.0783. The lowest BCUT2D eigenvalue weighted by Crippen LogP contribution is -2.42. The summed E-state index contributed by atoms with van der Waals surface area (Å²) in [5.74, 6) is 0. The third-order valence-corrected chi connectivity index (χ3v) is 4.16. The van der Waals surface area contributed by atoms with Crippen LogP contribution in [0.2, 0.25) is 6.55 Å².